The van der Waals surface area contributed by atoms with Crippen LogP contribution in [0.15, 0.2) is 12.1 Å². The van der Waals surface area contributed by atoms with Crippen molar-refractivity contribution < 1.29 is 9.53 Å². The van der Waals surface area contributed by atoms with Crippen LogP contribution in [-0.2, 0) is 11.2 Å². The molecule has 132 valence electrons. The second-order valence-electron chi connectivity index (χ2n) is 6.80. The number of amides is 1. The number of benzene rings is 1. The molecule has 24 heavy (non-hydrogen) atoms. The molecule has 0 aromatic heterocycles. The lowest BCUT2D eigenvalue weighted by Gasteiger charge is -2.26. The van der Waals surface area contributed by atoms with Gasteiger partial charge in [-0.25, -0.2) is 4.79 Å². The van der Waals surface area contributed by atoms with Gasteiger partial charge in [0, 0.05) is 25.3 Å². The van der Waals surface area contributed by atoms with E-state index in [2.05, 4.69) is 10.6 Å². The lowest BCUT2D eigenvalue weighted by Crippen LogP contribution is -2.36. The van der Waals surface area contributed by atoms with E-state index in [4.69, 9.17) is 22.7 Å². The van der Waals surface area contributed by atoms with Gasteiger partial charge >= 0.3 is 6.09 Å². The first-order valence-electron chi connectivity index (χ1n) is 8.11. The summed E-state index contributed by atoms with van der Waals surface area (Å²) in [5.74, 6) is 0. The zero-order chi connectivity index (χ0) is 17.9. The van der Waals surface area contributed by atoms with Crippen LogP contribution in [0, 0.1) is 6.92 Å². The lowest BCUT2D eigenvalue weighted by molar-refractivity contribution is 0.0584. The zero-order valence-electron chi connectivity index (χ0n) is 14.7. The molecule has 0 aliphatic carbocycles. The summed E-state index contributed by atoms with van der Waals surface area (Å²) >= 11 is 5.26. The summed E-state index contributed by atoms with van der Waals surface area (Å²) in [6.45, 7) is 9.34. The van der Waals surface area contributed by atoms with Crippen LogP contribution in [0.2, 0.25) is 0 Å². The normalized spacial score (nSPS) is 13.5. The van der Waals surface area contributed by atoms with Crippen molar-refractivity contribution >= 4 is 34.8 Å². The van der Waals surface area contributed by atoms with E-state index in [1.165, 1.54) is 0 Å². The first kappa shape index (κ1) is 18.5. The number of thiocarbonyl (C=S) groups is 1. The number of hydrogen-bond acceptors (Lipinski definition) is 4. The van der Waals surface area contributed by atoms with Crippen LogP contribution < -0.4 is 21.3 Å². The molecule has 0 bridgehead atoms. The fourth-order valence-corrected chi connectivity index (χ4v) is 2.88. The second-order valence-corrected chi connectivity index (χ2v) is 7.21. The Morgan fingerprint density at radius 3 is 2.75 bits per heavy atom. The Balaban J connectivity index is 2.22. The fourth-order valence-electron chi connectivity index (χ4n) is 2.67. The molecule has 6 nitrogen and oxygen atoms in total. The number of ether oxygens (including phenoxy) is 1. The average molecular weight is 350 g/mol. The molecular weight excluding hydrogens is 324 g/mol. The standard InChI is InChI=1S/C17H26N4O2S/c1-11-13(20-15(24)19-9-8-18)6-5-12-7-10-21(14(11)12)16(22)23-17(2,3)4/h5-6H,7-10,18H2,1-4H3,(H2,19,20,24). The highest BCUT2D eigenvalue weighted by Crippen LogP contribution is 2.36. The van der Waals surface area contributed by atoms with Crippen LogP contribution in [0.3, 0.4) is 0 Å². The van der Waals surface area contributed by atoms with Gasteiger partial charge in [0.05, 0.1) is 5.69 Å². The number of nitrogens with zero attached hydrogens (tertiary/aromatic N) is 1. The fraction of sp³-hybridized carbons (Fsp3) is 0.529. The Kier molecular flexibility index (Phi) is 5.66. The molecule has 1 heterocycles. The van der Waals surface area contributed by atoms with Gasteiger partial charge in [0.2, 0.25) is 0 Å². The molecule has 0 saturated carbocycles. The van der Waals surface area contributed by atoms with E-state index in [0.717, 1.165) is 28.9 Å². The predicted molar refractivity (Wildman–Crippen MR) is 102 cm³/mol. The number of hydrogen-bond donors (Lipinski definition) is 3. The van der Waals surface area contributed by atoms with E-state index in [-0.39, 0.29) is 6.09 Å². The van der Waals surface area contributed by atoms with Crippen molar-refractivity contribution in [1.29, 1.82) is 0 Å². The summed E-state index contributed by atoms with van der Waals surface area (Å²) in [6.07, 6.45) is 0.510. The van der Waals surface area contributed by atoms with Crippen molar-refractivity contribution in [3.8, 4) is 0 Å². The highest BCUT2D eigenvalue weighted by atomic mass is 32.1. The van der Waals surface area contributed by atoms with Gasteiger partial charge in [-0.05, 0) is 63.5 Å². The van der Waals surface area contributed by atoms with Gasteiger partial charge in [-0.2, -0.15) is 0 Å². The molecule has 1 aliphatic rings. The molecule has 0 fully saturated rings. The van der Waals surface area contributed by atoms with E-state index in [1.54, 1.807) is 4.90 Å². The minimum absolute atomic E-state index is 0.315. The van der Waals surface area contributed by atoms with Crippen LogP contribution in [0.25, 0.3) is 0 Å². The van der Waals surface area contributed by atoms with E-state index >= 15 is 0 Å². The number of carbonyl (C=O) groups excluding carboxylic acids is 1. The first-order valence-corrected chi connectivity index (χ1v) is 8.51. The van der Waals surface area contributed by atoms with Crippen molar-refractivity contribution in [2.45, 2.75) is 39.7 Å². The van der Waals surface area contributed by atoms with Crippen LogP contribution in [0.5, 0.6) is 0 Å². The van der Waals surface area contributed by atoms with Gasteiger partial charge in [-0.3, -0.25) is 4.90 Å². The number of rotatable bonds is 3. The molecule has 0 atom stereocenters. The van der Waals surface area contributed by atoms with Gasteiger partial charge in [-0.15, -0.1) is 0 Å². The Morgan fingerprint density at radius 1 is 1.42 bits per heavy atom. The number of anilines is 2. The molecule has 1 aliphatic heterocycles. The highest BCUT2D eigenvalue weighted by Gasteiger charge is 2.31. The largest absolute Gasteiger partial charge is 0.443 e. The Hall–Kier alpha value is -1.86. The van der Waals surface area contributed by atoms with Crippen molar-refractivity contribution in [2.24, 2.45) is 5.73 Å². The molecule has 2 rings (SSSR count). The first-order chi connectivity index (χ1) is 11.2. The minimum Gasteiger partial charge on any atom is -0.443 e. The summed E-state index contributed by atoms with van der Waals surface area (Å²) in [5, 5.41) is 6.72. The maximum atomic E-state index is 12.5. The molecular formula is C17H26N4O2S. The van der Waals surface area contributed by atoms with E-state index in [1.807, 2.05) is 39.8 Å². The molecule has 1 amide bonds. The topological polar surface area (TPSA) is 79.6 Å². The molecule has 4 N–H and O–H groups in total. The van der Waals surface area contributed by atoms with Gasteiger partial charge in [0.15, 0.2) is 5.11 Å². The summed E-state index contributed by atoms with van der Waals surface area (Å²) < 4.78 is 5.52. The molecule has 0 spiro atoms. The third kappa shape index (κ3) is 4.36. The predicted octanol–water partition coefficient (Wildman–Crippen LogP) is 2.54. The molecule has 1 aromatic rings. The van der Waals surface area contributed by atoms with Crippen LogP contribution >= 0.6 is 12.2 Å². The Bertz CT molecular complexity index is 640. The van der Waals surface area contributed by atoms with Gasteiger partial charge in [0.1, 0.15) is 5.60 Å². The highest BCUT2D eigenvalue weighted by molar-refractivity contribution is 7.80. The van der Waals surface area contributed by atoms with E-state index < -0.39 is 5.60 Å². The molecule has 0 unspecified atom stereocenters. The smallest absolute Gasteiger partial charge is 0.414 e. The summed E-state index contributed by atoms with van der Waals surface area (Å²) in [7, 11) is 0. The zero-order valence-corrected chi connectivity index (χ0v) is 15.5. The Morgan fingerprint density at radius 2 is 2.12 bits per heavy atom. The van der Waals surface area contributed by atoms with E-state index in [9.17, 15) is 4.79 Å². The number of carbonyl (C=O) groups is 1. The van der Waals surface area contributed by atoms with E-state index in [0.29, 0.717) is 24.7 Å². The quantitative estimate of drug-likeness (QED) is 0.727. The molecule has 0 radical (unpaired) electrons. The molecule has 7 heteroatoms. The summed E-state index contributed by atoms with van der Waals surface area (Å²) in [6, 6.07) is 4.02. The number of fused-ring (bicyclic) bond motifs is 1. The minimum atomic E-state index is -0.517. The summed E-state index contributed by atoms with van der Waals surface area (Å²) in [5.41, 5.74) is 8.86. The summed E-state index contributed by atoms with van der Waals surface area (Å²) in [4.78, 5) is 14.2. The lowest BCUT2D eigenvalue weighted by atomic mass is 10.1. The van der Waals surface area contributed by atoms with Gasteiger partial charge in [-0.1, -0.05) is 6.07 Å². The average Bonchev–Trinajstić information content (AvgIpc) is 2.91. The van der Waals surface area contributed by atoms with Crippen LogP contribution in [0.1, 0.15) is 31.9 Å². The van der Waals surface area contributed by atoms with Crippen molar-refractivity contribution in [3.63, 3.8) is 0 Å². The van der Waals surface area contributed by atoms with Gasteiger partial charge < -0.3 is 21.1 Å². The maximum absolute atomic E-state index is 12.5. The Labute approximate surface area is 148 Å². The number of nitrogens with two attached hydrogens (primary N) is 1. The van der Waals surface area contributed by atoms with Crippen molar-refractivity contribution in [2.75, 3.05) is 29.9 Å². The monoisotopic (exact) mass is 350 g/mol. The number of nitrogens with one attached hydrogen (secondary N) is 2. The van der Waals surface area contributed by atoms with Crippen LogP contribution in [-0.4, -0.2) is 36.4 Å². The third-order valence-electron chi connectivity index (χ3n) is 3.68. The van der Waals surface area contributed by atoms with Crippen molar-refractivity contribution in [3.05, 3.63) is 23.3 Å². The molecule has 1 aromatic carbocycles. The van der Waals surface area contributed by atoms with Crippen molar-refractivity contribution in [1.82, 2.24) is 5.32 Å². The maximum Gasteiger partial charge on any atom is 0.414 e. The second kappa shape index (κ2) is 7.36. The van der Waals surface area contributed by atoms with Gasteiger partial charge in [0.25, 0.3) is 0 Å². The molecule has 0 saturated heterocycles. The SMILES string of the molecule is Cc1c(NC(=S)NCCN)ccc2c1N(C(=O)OC(C)(C)C)CC2. The van der Waals surface area contributed by atoms with Crippen LogP contribution in [0.4, 0.5) is 16.2 Å². The third-order valence-corrected chi connectivity index (χ3v) is 3.93.